The van der Waals surface area contributed by atoms with E-state index in [1.54, 1.807) is 0 Å². The van der Waals surface area contributed by atoms with Crippen molar-refractivity contribution in [2.75, 3.05) is 6.54 Å². The summed E-state index contributed by atoms with van der Waals surface area (Å²) in [6.07, 6.45) is 0. The minimum atomic E-state index is -0.339. The lowest BCUT2D eigenvalue weighted by molar-refractivity contribution is -0.117. The normalized spacial score (nSPS) is 12.4. The maximum absolute atomic E-state index is 10.5. The lowest BCUT2D eigenvalue weighted by Gasteiger charge is -2.12. The molecule has 0 aliphatic carbocycles. The van der Waals surface area contributed by atoms with Crippen LogP contribution in [0.1, 0.15) is 18.5 Å². The lowest BCUT2D eigenvalue weighted by Crippen LogP contribution is -2.30. The van der Waals surface area contributed by atoms with Gasteiger partial charge in [0.1, 0.15) is 0 Å². The summed E-state index contributed by atoms with van der Waals surface area (Å²) >= 11 is 3.36. The smallest absolute Gasteiger partial charge is 0.231 e. The fourth-order valence-electron chi connectivity index (χ4n) is 1.12. The number of benzene rings is 1. The Morgan fingerprint density at radius 3 is 2.57 bits per heavy atom. The van der Waals surface area contributed by atoms with Gasteiger partial charge in [0.2, 0.25) is 5.91 Å². The highest BCUT2D eigenvalue weighted by Crippen LogP contribution is 2.15. The summed E-state index contributed by atoms with van der Waals surface area (Å²) in [4.78, 5) is 10.5. The molecule has 0 unspecified atom stereocenters. The number of rotatable bonds is 4. The van der Waals surface area contributed by atoms with Crippen molar-refractivity contribution in [1.29, 1.82) is 0 Å². The van der Waals surface area contributed by atoms with Crippen molar-refractivity contribution in [3.63, 3.8) is 0 Å². The first-order valence-electron chi connectivity index (χ1n) is 4.36. The highest BCUT2D eigenvalue weighted by molar-refractivity contribution is 9.10. The lowest BCUT2D eigenvalue weighted by atomic mass is 10.1. The average molecular weight is 257 g/mol. The number of nitrogens with two attached hydrogens (primary N) is 1. The first-order valence-corrected chi connectivity index (χ1v) is 5.16. The summed E-state index contributed by atoms with van der Waals surface area (Å²) in [5.41, 5.74) is 6.17. The molecule has 1 amide bonds. The molecule has 0 aromatic heterocycles. The van der Waals surface area contributed by atoms with Crippen LogP contribution >= 0.6 is 15.9 Å². The Morgan fingerprint density at radius 1 is 1.50 bits per heavy atom. The van der Waals surface area contributed by atoms with E-state index in [9.17, 15) is 4.79 Å². The monoisotopic (exact) mass is 256 g/mol. The maximum atomic E-state index is 10.5. The number of primary amides is 1. The van der Waals surface area contributed by atoms with Gasteiger partial charge in [-0.15, -0.1) is 0 Å². The minimum Gasteiger partial charge on any atom is -0.369 e. The second kappa shape index (κ2) is 5.12. The van der Waals surface area contributed by atoms with E-state index in [1.165, 1.54) is 0 Å². The third kappa shape index (κ3) is 3.47. The topological polar surface area (TPSA) is 55.1 Å². The highest BCUT2D eigenvalue weighted by Gasteiger charge is 2.04. The van der Waals surface area contributed by atoms with E-state index in [2.05, 4.69) is 21.2 Å². The Hall–Kier alpha value is -0.870. The molecule has 0 saturated heterocycles. The van der Waals surface area contributed by atoms with Crippen LogP contribution in [0.4, 0.5) is 0 Å². The number of amides is 1. The Labute approximate surface area is 91.8 Å². The number of carbonyl (C=O) groups excluding carboxylic acids is 1. The van der Waals surface area contributed by atoms with Crippen molar-refractivity contribution in [3.05, 3.63) is 34.3 Å². The van der Waals surface area contributed by atoms with Crippen molar-refractivity contribution in [1.82, 2.24) is 5.32 Å². The molecular weight excluding hydrogens is 244 g/mol. The van der Waals surface area contributed by atoms with Crippen molar-refractivity contribution < 1.29 is 4.79 Å². The third-order valence-electron chi connectivity index (χ3n) is 1.95. The molecule has 0 heterocycles. The van der Waals surface area contributed by atoms with Crippen molar-refractivity contribution in [3.8, 4) is 0 Å². The Bertz CT molecular complexity index is 310. The van der Waals surface area contributed by atoms with Gasteiger partial charge in [0.05, 0.1) is 6.54 Å². The van der Waals surface area contributed by atoms with Crippen LogP contribution in [0.25, 0.3) is 0 Å². The standard InChI is InChI=1S/C10H13BrN2O/c1-7(13-6-10(12)14)8-2-4-9(11)5-3-8/h2-5,7,13H,6H2,1H3,(H2,12,14)/t7-/m1/s1. The first kappa shape index (κ1) is 11.2. The summed E-state index contributed by atoms with van der Waals surface area (Å²) in [6.45, 7) is 2.20. The van der Waals surface area contributed by atoms with Gasteiger partial charge in [-0.25, -0.2) is 0 Å². The number of halogens is 1. The molecular formula is C10H13BrN2O. The van der Waals surface area contributed by atoms with Gasteiger partial charge in [0.25, 0.3) is 0 Å². The van der Waals surface area contributed by atoms with Gasteiger partial charge in [0, 0.05) is 10.5 Å². The molecule has 0 aliphatic heterocycles. The molecule has 3 nitrogen and oxygen atoms in total. The fraction of sp³-hybridized carbons (Fsp3) is 0.300. The van der Waals surface area contributed by atoms with E-state index >= 15 is 0 Å². The minimum absolute atomic E-state index is 0.135. The molecule has 1 rings (SSSR count). The Balaban J connectivity index is 2.56. The van der Waals surface area contributed by atoms with Crippen LogP contribution in [0.2, 0.25) is 0 Å². The predicted octanol–water partition coefficient (Wildman–Crippen LogP) is 1.59. The van der Waals surface area contributed by atoms with Gasteiger partial charge in [-0.3, -0.25) is 4.79 Å². The van der Waals surface area contributed by atoms with Crippen LogP contribution in [0.3, 0.4) is 0 Å². The molecule has 0 radical (unpaired) electrons. The fourth-order valence-corrected chi connectivity index (χ4v) is 1.39. The molecule has 1 atom stereocenters. The quantitative estimate of drug-likeness (QED) is 0.860. The highest BCUT2D eigenvalue weighted by atomic mass is 79.9. The number of hydrogen-bond donors (Lipinski definition) is 2. The molecule has 0 fully saturated rings. The average Bonchev–Trinajstić information content (AvgIpc) is 2.15. The van der Waals surface area contributed by atoms with Crippen LogP contribution in [0.15, 0.2) is 28.7 Å². The molecule has 4 heteroatoms. The van der Waals surface area contributed by atoms with Crippen LogP contribution in [0.5, 0.6) is 0 Å². The molecule has 0 spiro atoms. The zero-order valence-corrected chi connectivity index (χ0v) is 9.54. The van der Waals surface area contributed by atoms with Crippen molar-refractivity contribution >= 4 is 21.8 Å². The predicted molar refractivity (Wildman–Crippen MR) is 59.8 cm³/mol. The van der Waals surface area contributed by atoms with Crippen LogP contribution in [-0.4, -0.2) is 12.5 Å². The summed E-state index contributed by atoms with van der Waals surface area (Å²) in [5.74, 6) is -0.339. The van der Waals surface area contributed by atoms with Crippen LogP contribution in [0, 0.1) is 0 Å². The summed E-state index contributed by atoms with van der Waals surface area (Å²) in [7, 11) is 0. The third-order valence-corrected chi connectivity index (χ3v) is 2.48. The van der Waals surface area contributed by atoms with Gasteiger partial charge in [-0.2, -0.15) is 0 Å². The van der Waals surface area contributed by atoms with Crippen molar-refractivity contribution in [2.45, 2.75) is 13.0 Å². The molecule has 0 bridgehead atoms. The summed E-state index contributed by atoms with van der Waals surface area (Å²) in [5, 5.41) is 3.03. The molecule has 3 N–H and O–H groups in total. The van der Waals surface area contributed by atoms with Gasteiger partial charge in [-0.05, 0) is 24.6 Å². The van der Waals surface area contributed by atoms with E-state index in [0.29, 0.717) is 0 Å². The number of hydrogen-bond acceptors (Lipinski definition) is 2. The van der Waals surface area contributed by atoms with E-state index in [-0.39, 0.29) is 18.5 Å². The molecule has 1 aromatic carbocycles. The number of carbonyl (C=O) groups is 1. The zero-order chi connectivity index (χ0) is 10.6. The zero-order valence-electron chi connectivity index (χ0n) is 7.96. The maximum Gasteiger partial charge on any atom is 0.231 e. The van der Waals surface area contributed by atoms with Crippen molar-refractivity contribution in [2.24, 2.45) is 5.73 Å². The van der Waals surface area contributed by atoms with E-state index in [4.69, 9.17) is 5.73 Å². The largest absolute Gasteiger partial charge is 0.369 e. The molecule has 1 aromatic rings. The second-order valence-corrected chi connectivity index (χ2v) is 4.04. The number of nitrogens with one attached hydrogen (secondary N) is 1. The molecule has 76 valence electrons. The molecule has 0 saturated carbocycles. The van der Waals surface area contributed by atoms with Gasteiger partial charge in [0.15, 0.2) is 0 Å². The van der Waals surface area contributed by atoms with Gasteiger partial charge < -0.3 is 11.1 Å². The second-order valence-electron chi connectivity index (χ2n) is 3.12. The van der Waals surface area contributed by atoms with E-state index in [1.807, 2.05) is 31.2 Å². The van der Waals surface area contributed by atoms with E-state index < -0.39 is 0 Å². The summed E-state index contributed by atoms with van der Waals surface area (Å²) < 4.78 is 1.04. The molecule has 0 aliphatic rings. The summed E-state index contributed by atoms with van der Waals surface area (Å²) in [6, 6.07) is 8.08. The van der Waals surface area contributed by atoms with Crippen LogP contribution < -0.4 is 11.1 Å². The SMILES string of the molecule is C[C@@H](NCC(N)=O)c1ccc(Br)cc1. The molecule has 14 heavy (non-hydrogen) atoms. The van der Waals surface area contributed by atoms with E-state index in [0.717, 1.165) is 10.0 Å². The Morgan fingerprint density at radius 2 is 2.07 bits per heavy atom. The van der Waals surface area contributed by atoms with Crippen LogP contribution in [-0.2, 0) is 4.79 Å². The first-order chi connectivity index (χ1) is 6.59. The van der Waals surface area contributed by atoms with Gasteiger partial charge >= 0.3 is 0 Å². The van der Waals surface area contributed by atoms with Gasteiger partial charge in [-0.1, -0.05) is 28.1 Å². The Kier molecular flexibility index (Phi) is 4.10.